The highest BCUT2D eigenvalue weighted by molar-refractivity contribution is 5.69. The monoisotopic (exact) mass is 207 g/mol. The lowest BCUT2D eigenvalue weighted by molar-refractivity contribution is -0.147. The quantitative estimate of drug-likeness (QED) is 0.696. The average Bonchev–Trinajstić information content (AvgIpc) is 2.18. The summed E-state index contributed by atoms with van der Waals surface area (Å²) in [7, 11) is 0. The summed E-state index contributed by atoms with van der Waals surface area (Å²) in [5.74, 6) is -0.124. The third kappa shape index (κ3) is 5.15. The van der Waals surface area contributed by atoms with Crippen molar-refractivity contribution in [1.82, 2.24) is 4.98 Å². The Morgan fingerprint density at radius 2 is 2.27 bits per heavy atom. The number of carbonyl (C=O) groups excluding carboxylic acids is 1. The molecule has 0 bridgehead atoms. The molecule has 82 valence electrons. The van der Waals surface area contributed by atoms with Crippen LogP contribution in [0.25, 0.3) is 0 Å². The van der Waals surface area contributed by atoms with E-state index in [0.717, 1.165) is 18.5 Å². The Morgan fingerprint density at radius 3 is 2.87 bits per heavy atom. The van der Waals surface area contributed by atoms with Gasteiger partial charge < -0.3 is 4.74 Å². The molecule has 0 N–H and O–H groups in total. The van der Waals surface area contributed by atoms with E-state index in [1.807, 2.05) is 32.0 Å². The molecule has 0 saturated carbocycles. The minimum absolute atomic E-state index is 0.0210. The highest BCUT2D eigenvalue weighted by atomic mass is 16.5. The molecular formula is C12H17NO2. The molecule has 0 aliphatic carbocycles. The zero-order valence-corrected chi connectivity index (χ0v) is 9.27. The van der Waals surface area contributed by atoms with Gasteiger partial charge in [0, 0.05) is 18.3 Å². The molecule has 0 amide bonds. The average molecular weight is 207 g/mol. The molecule has 0 aliphatic rings. The van der Waals surface area contributed by atoms with Gasteiger partial charge in [0.15, 0.2) is 0 Å². The van der Waals surface area contributed by atoms with Crippen molar-refractivity contribution in [2.45, 2.75) is 39.2 Å². The minimum atomic E-state index is -0.124. The summed E-state index contributed by atoms with van der Waals surface area (Å²) in [6.45, 7) is 3.72. The van der Waals surface area contributed by atoms with Gasteiger partial charge in [0.05, 0.1) is 6.10 Å². The molecular weight excluding hydrogens is 190 g/mol. The number of hydrogen-bond acceptors (Lipinski definition) is 3. The fourth-order valence-corrected chi connectivity index (χ4v) is 1.28. The second-order valence-corrected chi connectivity index (χ2v) is 3.71. The van der Waals surface area contributed by atoms with Crippen molar-refractivity contribution in [3.05, 3.63) is 30.1 Å². The SMILES string of the molecule is CC(C)OC(=O)CCCc1ccccn1. The molecule has 0 saturated heterocycles. The number of esters is 1. The van der Waals surface area contributed by atoms with Crippen molar-refractivity contribution in [3.8, 4) is 0 Å². The van der Waals surface area contributed by atoms with E-state index in [2.05, 4.69) is 4.98 Å². The molecule has 3 nitrogen and oxygen atoms in total. The van der Waals surface area contributed by atoms with Gasteiger partial charge in [-0.2, -0.15) is 0 Å². The molecule has 0 fully saturated rings. The van der Waals surface area contributed by atoms with Gasteiger partial charge in [-0.1, -0.05) is 6.07 Å². The number of nitrogens with zero attached hydrogens (tertiary/aromatic N) is 1. The van der Waals surface area contributed by atoms with Crippen molar-refractivity contribution < 1.29 is 9.53 Å². The van der Waals surface area contributed by atoms with E-state index in [1.165, 1.54) is 0 Å². The van der Waals surface area contributed by atoms with Crippen molar-refractivity contribution >= 4 is 5.97 Å². The molecule has 0 aromatic carbocycles. The third-order valence-electron chi connectivity index (χ3n) is 1.91. The molecule has 15 heavy (non-hydrogen) atoms. The first kappa shape index (κ1) is 11.7. The Morgan fingerprint density at radius 1 is 1.47 bits per heavy atom. The first-order chi connectivity index (χ1) is 7.18. The van der Waals surface area contributed by atoms with E-state index in [9.17, 15) is 4.79 Å². The van der Waals surface area contributed by atoms with Crippen molar-refractivity contribution in [2.75, 3.05) is 0 Å². The summed E-state index contributed by atoms with van der Waals surface area (Å²) in [5, 5.41) is 0. The zero-order chi connectivity index (χ0) is 11.1. The highest BCUT2D eigenvalue weighted by Gasteiger charge is 2.05. The van der Waals surface area contributed by atoms with Crippen LogP contribution in [0.2, 0.25) is 0 Å². The molecule has 1 aromatic heterocycles. The number of ether oxygens (including phenoxy) is 1. The molecule has 1 heterocycles. The predicted molar refractivity (Wildman–Crippen MR) is 58.4 cm³/mol. The number of carbonyl (C=O) groups is 1. The first-order valence-corrected chi connectivity index (χ1v) is 5.28. The predicted octanol–water partition coefficient (Wildman–Crippen LogP) is 2.36. The van der Waals surface area contributed by atoms with E-state index >= 15 is 0 Å². The van der Waals surface area contributed by atoms with Crippen molar-refractivity contribution in [2.24, 2.45) is 0 Å². The van der Waals surface area contributed by atoms with Gasteiger partial charge in [-0.05, 0) is 38.8 Å². The number of aryl methyl sites for hydroxylation is 1. The lowest BCUT2D eigenvalue weighted by Crippen LogP contribution is -2.11. The van der Waals surface area contributed by atoms with Gasteiger partial charge in [-0.15, -0.1) is 0 Å². The molecule has 0 spiro atoms. The maximum absolute atomic E-state index is 11.2. The van der Waals surface area contributed by atoms with Crippen LogP contribution in [0.3, 0.4) is 0 Å². The molecule has 3 heteroatoms. The van der Waals surface area contributed by atoms with Crippen LogP contribution in [0, 0.1) is 0 Å². The summed E-state index contributed by atoms with van der Waals surface area (Å²) >= 11 is 0. The number of hydrogen-bond donors (Lipinski definition) is 0. The van der Waals surface area contributed by atoms with E-state index in [0.29, 0.717) is 6.42 Å². The number of pyridine rings is 1. The van der Waals surface area contributed by atoms with Gasteiger partial charge in [0.25, 0.3) is 0 Å². The minimum Gasteiger partial charge on any atom is -0.463 e. The summed E-state index contributed by atoms with van der Waals surface area (Å²) in [4.78, 5) is 15.4. The van der Waals surface area contributed by atoms with Crippen LogP contribution in [0.15, 0.2) is 24.4 Å². The van der Waals surface area contributed by atoms with Crippen molar-refractivity contribution in [3.63, 3.8) is 0 Å². The van der Waals surface area contributed by atoms with Crippen LogP contribution in [-0.2, 0) is 16.0 Å². The fourth-order valence-electron chi connectivity index (χ4n) is 1.28. The molecule has 1 rings (SSSR count). The molecule has 0 aliphatic heterocycles. The van der Waals surface area contributed by atoms with Crippen LogP contribution in [0.1, 0.15) is 32.4 Å². The fraction of sp³-hybridized carbons (Fsp3) is 0.500. The van der Waals surface area contributed by atoms with Gasteiger partial charge in [0.2, 0.25) is 0 Å². The highest BCUT2D eigenvalue weighted by Crippen LogP contribution is 2.03. The molecule has 1 aromatic rings. The Hall–Kier alpha value is -1.38. The number of rotatable bonds is 5. The van der Waals surface area contributed by atoms with Gasteiger partial charge >= 0.3 is 5.97 Å². The number of aromatic nitrogens is 1. The smallest absolute Gasteiger partial charge is 0.306 e. The van der Waals surface area contributed by atoms with Crippen molar-refractivity contribution in [1.29, 1.82) is 0 Å². The van der Waals surface area contributed by atoms with Crippen LogP contribution in [0.4, 0.5) is 0 Å². The third-order valence-corrected chi connectivity index (χ3v) is 1.91. The maximum Gasteiger partial charge on any atom is 0.306 e. The molecule has 0 unspecified atom stereocenters. The van der Waals surface area contributed by atoms with E-state index in [1.54, 1.807) is 6.20 Å². The summed E-state index contributed by atoms with van der Waals surface area (Å²) in [6, 6.07) is 5.80. The van der Waals surface area contributed by atoms with E-state index in [4.69, 9.17) is 4.74 Å². The standard InChI is InChI=1S/C12H17NO2/c1-10(2)15-12(14)8-5-7-11-6-3-4-9-13-11/h3-4,6,9-10H,5,7-8H2,1-2H3. The van der Waals surface area contributed by atoms with Gasteiger partial charge in [0.1, 0.15) is 0 Å². The van der Waals surface area contributed by atoms with E-state index in [-0.39, 0.29) is 12.1 Å². The summed E-state index contributed by atoms with van der Waals surface area (Å²) in [6.07, 6.45) is 3.83. The molecule has 0 atom stereocenters. The normalized spacial score (nSPS) is 10.3. The van der Waals surface area contributed by atoms with Crippen LogP contribution < -0.4 is 0 Å². The Bertz CT molecular complexity index is 296. The lowest BCUT2D eigenvalue weighted by atomic mass is 10.2. The second kappa shape index (κ2) is 6.17. The van der Waals surface area contributed by atoms with Gasteiger partial charge in [-0.25, -0.2) is 0 Å². The van der Waals surface area contributed by atoms with Crippen LogP contribution in [0.5, 0.6) is 0 Å². The molecule has 0 radical (unpaired) electrons. The topological polar surface area (TPSA) is 39.2 Å². The Balaban J connectivity index is 2.19. The van der Waals surface area contributed by atoms with E-state index < -0.39 is 0 Å². The largest absolute Gasteiger partial charge is 0.463 e. The maximum atomic E-state index is 11.2. The lowest BCUT2D eigenvalue weighted by Gasteiger charge is -2.07. The first-order valence-electron chi connectivity index (χ1n) is 5.28. The summed E-state index contributed by atoms with van der Waals surface area (Å²) in [5.41, 5.74) is 1.02. The van der Waals surface area contributed by atoms with Crippen LogP contribution in [-0.4, -0.2) is 17.1 Å². The zero-order valence-electron chi connectivity index (χ0n) is 9.27. The van der Waals surface area contributed by atoms with Crippen LogP contribution >= 0.6 is 0 Å². The van der Waals surface area contributed by atoms with Gasteiger partial charge in [-0.3, -0.25) is 9.78 Å². The second-order valence-electron chi connectivity index (χ2n) is 3.71. The Kier molecular flexibility index (Phi) is 4.81. The Labute approximate surface area is 90.5 Å². The summed E-state index contributed by atoms with van der Waals surface area (Å²) < 4.78 is 5.03.